The number of nitrogens with zero attached hydrogens (tertiary/aromatic N) is 4. The number of para-hydroxylation sites is 3. The van der Waals surface area contributed by atoms with E-state index < -0.39 is 0 Å². The summed E-state index contributed by atoms with van der Waals surface area (Å²) in [5, 5.41) is 2.44. The molecule has 1 aliphatic heterocycles. The molecule has 0 radical (unpaired) electrons. The van der Waals surface area contributed by atoms with E-state index in [1.165, 1.54) is 16.3 Å². The Kier molecular flexibility index (Phi) is 7.60. The molecule has 2 aromatic heterocycles. The van der Waals surface area contributed by atoms with Crippen LogP contribution in [0.25, 0.3) is 66.7 Å². The number of ether oxygens (including phenoxy) is 1. The number of fused-ring (bicyclic) bond motifs is 6. The Hall–Kier alpha value is -7.29. The predicted molar refractivity (Wildman–Crippen MR) is 225 cm³/mol. The van der Waals surface area contributed by atoms with E-state index in [1.54, 1.807) is 0 Å². The van der Waals surface area contributed by atoms with Gasteiger partial charge in [0.2, 0.25) is 0 Å². The zero-order chi connectivity index (χ0) is 37.0. The molecule has 0 bridgehead atoms. The first-order valence-electron chi connectivity index (χ1n) is 19.2. The van der Waals surface area contributed by atoms with Crippen LogP contribution in [0.2, 0.25) is 0 Å². The summed E-state index contributed by atoms with van der Waals surface area (Å²) in [6, 6.07) is 55.0. The molecule has 2 atom stereocenters. The van der Waals surface area contributed by atoms with Gasteiger partial charge in [-0.25, -0.2) is 15.0 Å². The van der Waals surface area contributed by atoms with Crippen LogP contribution in [0, 0.1) is 12.1 Å². The highest BCUT2D eigenvalue weighted by Crippen LogP contribution is 2.51. The second kappa shape index (κ2) is 13.2. The van der Waals surface area contributed by atoms with Gasteiger partial charge < -0.3 is 9.30 Å². The molecule has 8 aromatic rings. The standard InChI is InChI=1S/C51H34N4O/c1-3-15-33(16-4-1)35-19-11-21-37(31-35)49-52-50(38-22-12-20-36(32-38)34-17-5-2-6-18-34)54-51(53-49)42-26-14-30-46-47(42)41-25-13-29-45(48(41)56-46)55-43-27-9-7-23-39(43)40-24-8-10-28-44(40)55/h1-5,7-11,13-17,19,21-32,46-47H,12,20H2. The molecular weight excluding hydrogens is 685 g/mol. The van der Waals surface area contributed by atoms with Crippen molar-refractivity contribution in [1.29, 1.82) is 0 Å². The van der Waals surface area contributed by atoms with Crippen molar-refractivity contribution >= 4 is 38.5 Å². The molecule has 0 amide bonds. The van der Waals surface area contributed by atoms with Crippen molar-refractivity contribution in [2.75, 3.05) is 0 Å². The fourth-order valence-corrected chi connectivity index (χ4v) is 8.58. The normalized spacial score (nSPS) is 17.0. The van der Waals surface area contributed by atoms with Crippen molar-refractivity contribution < 1.29 is 4.74 Å². The van der Waals surface area contributed by atoms with Crippen molar-refractivity contribution in [2.45, 2.75) is 24.9 Å². The van der Waals surface area contributed by atoms with Crippen LogP contribution >= 0.6 is 0 Å². The van der Waals surface area contributed by atoms with Gasteiger partial charge in [0.15, 0.2) is 17.5 Å². The van der Waals surface area contributed by atoms with Crippen LogP contribution in [-0.4, -0.2) is 25.6 Å². The Morgan fingerprint density at radius 3 is 2.21 bits per heavy atom. The van der Waals surface area contributed by atoms with E-state index in [9.17, 15) is 0 Å². The van der Waals surface area contributed by atoms with E-state index >= 15 is 0 Å². The average Bonchev–Trinajstić information content (AvgIpc) is 3.83. The second-order valence-electron chi connectivity index (χ2n) is 14.5. The van der Waals surface area contributed by atoms with E-state index in [-0.39, 0.29) is 12.0 Å². The van der Waals surface area contributed by atoms with Gasteiger partial charge in [0.05, 0.1) is 22.6 Å². The molecule has 0 fully saturated rings. The Balaban J connectivity index is 1.06. The third-order valence-electron chi connectivity index (χ3n) is 11.2. The lowest BCUT2D eigenvalue weighted by Crippen LogP contribution is -2.21. The Morgan fingerprint density at radius 1 is 0.661 bits per heavy atom. The summed E-state index contributed by atoms with van der Waals surface area (Å²) in [4.78, 5) is 15.8. The van der Waals surface area contributed by atoms with Crippen LogP contribution < -0.4 is 4.74 Å². The summed E-state index contributed by atoms with van der Waals surface area (Å²) >= 11 is 0. The van der Waals surface area contributed by atoms with Crippen molar-refractivity contribution in [2.24, 2.45) is 0 Å². The molecule has 3 heterocycles. The predicted octanol–water partition coefficient (Wildman–Crippen LogP) is 11.7. The molecule has 264 valence electrons. The Labute approximate surface area is 325 Å². The lowest BCUT2D eigenvalue weighted by Gasteiger charge is -2.22. The molecule has 0 spiro atoms. The van der Waals surface area contributed by atoms with Gasteiger partial charge in [-0.2, -0.15) is 0 Å². The highest BCUT2D eigenvalue weighted by molar-refractivity contribution is 6.09. The van der Waals surface area contributed by atoms with Crippen LogP contribution in [0.5, 0.6) is 5.75 Å². The van der Waals surface area contributed by atoms with Crippen LogP contribution in [-0.2, 0) is 0 Å². The number of hydrogen-bond acceptors (Lipinski definition) is 4. The van der Waals surface area contributed by atoms with Crippen molar-refractivity contribution in [3.63, 3.8) is 0 Å². The molecule has 2 aliphatic carbocycles. The molecule has 6 aromatic carbocycles. The molecule has 3 aliphatic rings. The topological polar surface area (TPSA) is 52.8 Å². The Morgan fingerprint density at radius 2 is 1.39 bits per heavy atom. The van der Waals surface area contributed by atoms with Crippen LogP contribution in [0.4, 0.5) is 0 Å². The Bertz CT molecular complexity index is 2900. The number of benzene rings is 5. The molecule has 0 saturated heterocycles. The fourth-order valence-electron chi connectivity index (χ4n) is 8.58. The molecule has 2 unspecified atom stereocenters. The van der Waals surface area contributed by atoms with Crippen LogP contribution in [0.1, 0.15) is 41.5 Å². The highest BCUT2D eigenvalue weighted by atomic mass is 16.5. The second-order valence-corrected chi connectivity index (χ2v) is 14.5. The number of hydrogen-bond donors (Lipinski definition) is 0. The molecule has 56 heavy (non-hydrogen) atoms. The van der Waals surface area contributed by atoms with E-state index in [4.69, 9.17) is 19.7 Å². The SMILES string of the molecule is c1cccc(C2=CC(c3nc(C4=CC=CC5Oc6c(cccc6-n6c7ccccc7c7ccccc76)C45)nc(-c4cccc(-c5ccccc5)c4)n3)=CCC2)c#1. The minimum absolute atomic E-state index is 0.109. The van der Waals surface area contributed by atoms with E-state index in [0.717, 1.165) is 74.3 Å². The van der Waals surface area contributed by atoms with E-state index in [2.05, 4.69) is 168 Å². The summed E-state index contributed by atoms with van der Waals surface area (Å²) in [5.74, 6) is 2.71. The van der Waals surface area contributed by atoms with Gasteiger partial charge in [0.25, 0.3) is 0 Å². The number of rotatable bonds is 6. The van der Waals surface area contributed by atoms with Gasteiger partial charge in [-0.3, -0.25) is 0 Å². The third kappa shape index (κ3) is 5.38. The average molecular weight is 719 g/mol. The lowest BCUT2D eigenvalue weighted by atomic mass is 9.84. The minimum Gasteiger partial charge on any atom is -0.483 e. The summed E-state index contributed by atoms with van der Waals surface area (Å²) in [6.07, 6.45) is 12.4. The first-order chi connectivity index (χ1) is 27.8. The molecule has 5 nitrogen and oxygen atoms in total. The van der Waals surface area contributed by atoms with Crippen molar-refractivity contribution in [3.8, 4) is 34.0 Å². The van der Waals surface area contributed by atoms with Crippen molar-refractivity contribution in [1.82, 2.24) is 19.5 Å². The maximum atomic E-state index is 6.96. The largest absolute Gasteiger partial charge is 0.483 e. The first kappa shape index (κ1) is 32.2. The smallest absolute Gasteiger partial charge is 0.164 e. The monoisotopic (exact) mass is 718 g/mol. The van der Waals surface area contributed by atoms with Gasteiger partial charge >= 0.3 is 0 Å². The van der Waals surface area contributed by atoms with Crippen LogP contribution in [0.15, 0.2) is 170 Å². The maximum absolute atomic E-state index is 6.96. The third-order valence-corrected chi connectivity index (χ3v) is 11.2. The molecule has 11 rings (SSSR count). The summed E-state index contributed by atoms with van der Waals surface area (Å²) < 4.78 is 9.30. The summed E-state index contributed by atoms with van der Waals surface area (Å²) in [6.45, 7) is 0. The van der Waals surface area contributed by atoms with Crippen molar-refractivity contribution in [3.05, 3.63) is 205 Å². The van der Waals surface area contributed by atoms with Gasteiger partial charge in [0, 0.05) is 38.6 Å². The van der Waals surface area contributed by atoms with E-state index in [1.807, 2.05) is 18.2 Å². The quantitative estimate of drug-likeness (QED) is 0.172. The summed E-state index contributed by atoms with van der Waals surface area (Å²) in [7, 11) is 0. The molecule has 0 saturated carbocycles. The van der Waals surface area contributed by atoms with Gasteiger partial charge in [0.1, 0.15) is 11.9 Å². The van der Waals surface area contributed by atoms with Gasteiger partial charge in [-0.1, -0.05) is 133 Å². The lowest BCUT2D eigenvalue weighted by molar-refractivity contribution is 0.271. The molecule has 5 heteroatoms. The zero-order valence-corrected chi connectivity index (χ0v) is 30.4. The molecule has 0 N–H and O–H groups in total. The number of allylic oxidation sites excluding steroid dienone is 6. The van der Waals surface area contributed by atoms with Gasteiger partial charge in [-0.05, 0) is 78.1 Å². The summed E-state index contributed by atoms with van der Waals surface area (Å²) in [5.41, 5.74) is 11.9. The highest BCUT2D eigenvalue weighted by Gasteiger charge is 2.40. The maximum Gasteiger partial charge on any atom is 0.164 e. The first-order valence-corrected chi connectivity index (χ1v) is 19.2. The van der Waals surface area contributed by atoms with E-state index in [0.29, 0.717) is 17.5 Å². The van der Waals surface area contributed by atoms with Gasteiger partial charge in [-0.15, -0.1) is 0 Å². The number of aromatic nitrogens is 4. The minimum atomic E-state index is -0.213. The van der Waals surface area contributed by atoms with Crippen LogP contribution in [0.3, 0.4) is 0 Å². The molecular formula is C51H34N4O. The fraction of sp³-hybridized carbons (Fsp3) is 0.0784. The zero-order valence-electron chi connectivity index (χ0n) is 30.4.